The lowest BCUT2D eigenvalue weighted by atomic mass is 9.92. The Morgan fingerprint density at radius 3 is 1.96 bits per heavy atom. The number of hydrogen-bond donors (Lipinski definition) is 1. The summed E-state index contributed by atoms with van der Waals surface area (Å²) in [6.07, 6.45) is 5.18. The van der Waals surface area contributed by atoms with Crippen LogP contribution in [-0.4, -0.2) is 15.5 Å². The molecule has 0 saturated carbocycles. The van der Waals surface area contributed by atoms with Gasteiger partial charge < -0.3 is 10.3 Å². The average molecular weight is 303 g/mol. The number of hydrogen-bond acceptors (Lipinski definition) is 2. The smallest absolute Gasteiger partial charge is 0.247 e. The molecule has 4 nitrogen and oxygen atoms in total. The first kappa shape index (κ1) is 14.8. The number of rotatable bonds is 5. The fraction of sp³-hybridized carbons (Fsp3) is 0.0526. The van der Waals surface area contributed by atoms with Crippen molar-refractivity contribution in [1.82, 2.24) is 9.55 Å². The monoisotopic (exact) mass is 303 g/mol. The normalized spacial score (nSPS) is 10.3. The number of aromatic nitrogens is 2. The Morgan fingerprint density at radius 1 is 0.957 bits per heavy atom. The summed E-state index contributed by atoms with van der Waals surface area (Å²) < 4.78 is 1.84. The van der Waals surface area contributed by atoms with Crippen molar-refractivity contribution in [2.75, 3.05) is 0 Å². The fourth-order valence-electron chi connectivity index (χ4n) is 2.57. The highest BCUT2D eigenvalue weighted by Gasteiger charge is 2.16. The highest BCUT2D eigenvalue weighted by molar-refractivity contribution is 6.03. The van der Waals surface area contributed by atoms with E-state index >= 15 is 0 Å². The zero-order valence-electron chi connectivity index (χ0n) is 12.6. The first-order chi connectivity index (χ1) is 11.3. The summed E-state index contributed by atoms with van der Waals surface area (Å²) >= 11 is 0. The van der Waals surface area contributed by atoms with Crippen molar-refractivity contribution < 1.29 is 4.79 Å². The molecule has 3 rings (SSSR count). The van der Waals surface area contributed by atoms with E-state index in [1.165, 1.54) is 0 Å². The van der Waals surface area contributed by atoms with Crippen LogP contribution >= 0.6 is 0 Å². The van der Waals surface area contributed by atoms with Crippen molar-refractivity contribution in [3.8, 4) is 0 Å². The molecule has 0 spiro atoms. The summed E-state index contributed by atoms with van der Waals surface area (Å²) in [7, 11) is 0. The van der Waals surface area contributed by atoms with E-state index in [1.54, 1.807) is 12.5 Å². The Hall–Kier alpha value is -3.14. The molecular formula is C19H17N3O. The molecule has 0 saturated heterocycles. The Morgan fingerprint density at radius 2 is 1.52 bits per heavy atom. The van der Waals surface area contributed by atoms with Crippen LogP contribution in [0.3, 0.4) is 0 Å². The molecule has 1 heterocycles. The van der Waals surface area contributed by atoms with Gasteiger partial charge in [0, 0.05) is 18.0 Å². The number of primary amides is 1. The second-order valence-corrected chi connectivity index (χ2v) is 5.18. The van der Waals surface area contributed by atoms with Crippen molar-refractivity contribution in [3.05, 3.63) is 96.1 Å². The number of carbonyl (C=O) groups excluding carboxylic acids is 1. The van der Waals surface area contributed by atoms with Crippen molar-refractivity contribution >= 4 is 11.5 Å². The molecule has 2 N–H and O–H groups in total. The van der Waals surface area contributed by atoms with E-state index in [0.29, 0.717) is 12.1 Å². The lowest BCUT2D eigenvalue weighted by Crippen LogP contribution is -2.20. The van der Waals surface area contributed by atoms with E-state index in [0.717, 1.165) is 16.7 Å². The Labute approximate surface area is 134 Å². The third-order valence-corrected chi connectivity index (χ3v) is 3.62. The molecule has 0 aliphatic rings. The summed E-state index contributed by atoms with van der Waals surface area (Å²) in [5.41, 5.74) is 9.04. The fourth-order valence-corrected chi connectivity index (χ4v) is 2.57. The van der Waals surface area contributed by atoms with Gasteiger partial charge in [-0.05, 0) is 16.7 Å². The lowest BCUT2D eigenvalue weighted by molar-refractivity contribution is -0.114. The van der Waals surface area contributed by atoms with Gasteiger partial charge in [-0.2, -0.15) is 0 Å². The van der Waals surface area contributed by atoms with Crippen LogP contribution in [0, 0.1) is 0 Å². The van der Waals surface area contributed by atoms with Crippen molar-refractivity contribution in [1.29, 1.82) is 0 Å². The SMILES string of the molecule is NC(=O)C(Cn1ccnc1)=C(c1ccccc1)c1ccccc1. The van der Waals surface area contributed by atoms with Gasteiger partial charge in [0.15, 0.2) is 0 Å². The number of nitrogens with two attached hydrogens (primary N) is 1. The van der Waals surface area contributed by atoms with Crippen LogP contribution in [0.15, 0.2) is 85.0 Å². The first-order valence-electron chi connectivity index (χ1n) is 7.35. The van der Waals surface area contributed by atoms with E-state index in [1.807, 2.05) is 71.4 Å². The van der Waals surface area contributed by atoms with Gasteiger partial charge in [-0.15, -0.1) is 0 Å². The number of imidazole rings is 1. The standard InChI is InChI=1S/C19H17N3O/c20-19(23)17(13-22-12-11-21-14-22)18(15-7-3-1-4-8-15)16-9-5-2-6-10-16/h1-12,14H,13H2,(H2,20,23). The topological polar surface area (TPSA) is 60.9 Å². The van der Waals surface area contributed by atoms with Crippen LogP contribution in [0.4, 0.5) is 0 Å². The molecule has 1 amide bonds. The second kappa shape index (κ2) is 6.75. The van der Waals surface area contributed by atoms with Crippen LogP contribution in [0.2, 0.25) is 0 Å². The van der Waals surface area contributed by atoms with E-state index in [4.69, 9.17) is 5.73 Å². The number of nitrogens with zero attached hydrogens (tertiary/aromatic N) is 2. The van der Waals surface area contributed by atoms with Crippen molar-refractivity contribution in [3.63, 3.8) is 0 Å². The third-order valence-electron chi connectivity index (χ3n) is 3.62. The minimum Gasteiger partial charge on any atom is -0.366 e. The first-order valence-corrected chi connectivity index (χ1v) is 7.35. The highest BCUT2D eigenvalue weighted by atomic mass is 16.1. The predicted octanol–water partition coefficient (Wildman–Crippen LogP) is 2.87. The lowest BCUT2D eigenvalue weighted by Gasteiger charge is -2.15. The molecule has 114 valence electrons. The van der Waals surface area contributed by atoms with Crippen LogP contribution in [0.25, 0.3) is 5.57 Å². The maximum absolute atomic E-state index is 12.1. The van der Waals surface area contributed by atoms with E-state index < -0.39 is 5.91 Å². The van der Waals surface area contributed by atoms with E-state index in [9.17, 15) is 4.79 Å². The van der Waals surface area contributed by atoms with Crippen LogP contribution in [0.1, 0.15) is 11.1 Å². The van der Waals surface area contributed by atoms with Gasteiger partial charge in [0.05, 0.1) is 12.9 Å². The summed E-state index contributed by atoms with van der Waals surface area (Å²) in [5, 5.41) is 0. The summed E-state index contributed by atoms with van der Waals surface area (Å²) in [4.78, 5) is 16.2. The summed E-state index contributed by atoms with van der Waals surface area (Å²) in [5.74, 6) is -0.429. The maximum atomic E-state index is 12.1. The highest BCUT2D eigenvalue weighted by Crippen LogP contribution is 2.27. The molecule has 0 fully saturated rings. The van der Waals surface area contributed by atoms with Gasteiger partial charge >= 0.3 is 0 Å². The van der Waals surface area contributed by atoms with E-state index in [2.05, 4.69) is 4.98 Å². The molecule has 0 aliphatic heterocycles. The van der Waals surface area contributed by atoms with Crippen LogP contribution in [0.5, 0.6) is 0 Å². The number of carbonyl (C=O) groups is 1. The molecular weight excluding hydrogens is 286 g/mol. The molecule has 2 aromatic carbocycles. The van der Waals surface area contributed by atoms with E-state index in [-0.39, 0.29) is 0 Å². The van der Waals surface area contributed by atoms with Crippen molar-refractivity contribution in [2.45, 2.75) is 6.54 Å². The quantitative estimate of drug-likeness (QED) is 0.737. The van der Waals surface area contributed by atoms with Gasteiger partial charge in [-0.1, -0.05) is 60.7 Å². The van der Waals surface area contributed by atoms with Gasteiger partial charge in [0.25, 0.3) is 0 Å². The van der Waals surface area contributed by atoms with Crippen LogP contribution in [-0.2, 0) is 11.3 Å². The average Bonchev–Trinajstić information content (AvgIpc) is 3.09. The second-order valence-electron chi connectivity index (χ2n) is 5.18. The molecule has 1 aromatic heterocycles. The molecule has 23 heavy (non-hydrogen) atoms. The summed E-state index contributed by atoms with van der Waals surface area (Å²) in [6, 6.07) is 19.7. The number of amides is 1. The minimum absolute atomic E-state index is 0.383. The molecule has 0 aliphatic carbocycles. The van der Waals surface area contributed by atoms with Crippen LogP contribution < -0.4 is 5.73 Å². The largest absolute Gasteiger partial charge is 0.366 e. The number of benzene rings is 2. The molecule has 3 aromatic rings. The molecule has 0 atom stereocenters. The maximum Gasteiger partial charge on any atom is 0.247 e. The van der Waals surface area contributed by atoms with Gasteiger partial charge in [-0.3, -0.25) is 4.79 Å². The third kappa shape index (κ3) is 3.37. The Kier molecular flexibility index (Phi) is 4.34. The van der Waals surface area contributed by atoms with Gasteiger partial charge in [-0.25, -0.2) is 4.98 Å². The molecule has 0 radical (unpaired) electrons. The Bertz CT molecular complexity index is 765. The molecule has 0 unspecified atom stereocenters. The van der Waals surface area contributed by atoms with Gasteiger partial charge in [0.2, 0.25) is 5.91 Å². The zero-order valence-corrected chi connectivity index (χ0v) is 12.6. The summed E-state index contributed by atoms with van der Waals surface area (Å²) in [6.45, 7) is 0.383. The van der Waals surface area contributed by atoms with Gasteiger partial charge in [0.1, 0.15) is 0 Å². The molecule has 4 heteroatoms. The minimum atomic E-state index is -0.429. The molecule has 0 bridgehead atoms. The zero-order chi connectivity index (χ0) is 16.1. The predicted molar refractivity (Wildman–Crippen MR) is 90.3 cm³/mol. The van der Waals surface area contributed by atoms with Crippen molar-refractivity contribution in [2.24, 2.45) is 5.73 Å². The Balaban J connectivity index is 2.20.